The highest BCUT2D eigenvalue weighted by atomic mass is 16.3. The fraction of sp³-hybridized carbons (Fsp3) is 0.550. The Morgan fingerprint density at radius 2 is 1.93 bits per heavy atom. The van der Waals surface area contributed by atoms with Gasteiger partial charge in [-0.05, 0) is 43.7 Å². The Bertz CT molecular complexity index is 715. The molecule has 0 spiro atoms. The third-order valence-corrected chi connectivity index (χ3v) is 4.92. The van der Waals surface area contributed by atoms with E-state index in [2.05, 4.69) is 27.5 Å². The summed E-state index contributed by atoms with van der Waals surface area (Å²) in [6.45, 7) is 2.96. The summed E-state index contributed by atoms with van der Waals surface area (Å²) in [6.07, 6.45) is 8.91. The number of anilines is 2. The molecule has 27 heavy (non-hydrogen) atoms. The molecule has 1 fully saturated rings. The number of aliphatic hydroxyl groups excluding tert-OH is 2. The Kier molecular flexibility index (Phi) is 6.95. The average molecular weight is 371 g/mol. The van der Waals surface area contributed by atoms with Crippen LogP contribution in [0.1, 0.15) is 51.0 Å². The number of hydrogen-bond donors (Lipinski definition) is 4. The van der Waals surface area contributed by atoms with Crippen molar-refractivity contribution in [3.8, 4) is 11.3 Å². The highest BCUT2D eigenvalue weighted by molar-refractivity contribution is 5.72. The largest absolute Gasteiger partial charge is 0.393 e. The second kappa shape index (κ2) is 9.62. The van der Waals surface area contributed by atoms with Crippen molar-refractivity contribution in [3.63, 3.8) is 0 Å². The van der Waals surface area contributed by atoms with Crippen LogP contribution in [0.2, 0.25) is 0 Å². The van der Waals surface area contributed by atoms with Crippen molar-refractivity contribution in [3.05, 3.63) is 30.1 Å². The molecule has 3 rings (SSSR count). The smallest absolute Gasteiger partial charge is 0.224 e. The highest BCUT2D eigenvalue weighted by Crippen LogP contribution is 2.29. The third kappa shape index (κ3) is 5.37. The van der Waals surface area contributed by atoms with Crippen molar-refractivity contribution in [2.75, 3.05) is 17.2 Å². The van der Waals surface area contributed by atoms with Gasteiger partial charge in [-0.25, -0.2) is 4.98 Å². The van der Waals surface area contributed by atoms with Crippen LogP contribution in [0.25, 0.3) is 11.3 Å². The Balaban J connectivity index is 1.83. The summed E-state index contributed by atoms with van der Waals surface area (Å²) < 4.78 is 0. The molecule has 0 atom stereocenters. The molecule has 2 heterocycles. The molecule has 0 bridgehead atoms. The van der Waals surface area contributed by atoms with E-state index >= 15 is 0 Å². The summed E-state index contributed by atoms with van der Waals surface area (Å²) >= 11 is 0. The second-order valence-electron chi connectivity index (χ2n) is 7.10. The van der Waals surface area contributed by atoms with Gasteiger partial charge >= 0.3 is 0 Å². The fourth-order valence-corrected chi connectivity index (χ4v) is 3.23. The van der Waals surface area contributed by atoms with Gasteiger partial charge in [0.25, 0.3) is 0 Å². The Labute approximate surface area is 160 Å². The second-order valence-corrected chi connectivity index (χ2v) is 7.10. The molecular formula is C20H29N5O2. The minimum absolute atomic E-state index is 0.0282. The molecule has 0 aromatic carbocycles. The highest BCUT2D eigenvalue weighted by Gasteiger charge is 2.21. The van der Waals surface area contributed by atoms with Crippen molar-refractivity contribution in [1.29, 1.82) is 0 Å². The van der Waals surface area contributed by atoms with E-state index in [4.69, 9.17) is 4.98 Å². The minimum atomic E-state index is -0.188. The number of aromatic nitrogens is 3. The van der Waals surface area contributed by atoms with Crippen molar-refractivity contribution in [1.82, 2.24) is 15.0 Å². The van der Waals surface area contributed by atoms with E-state index in [1.807, 2.05) is 12.1 Å². The zero-order chi connectivity index (χ0) is 19.1. The molecule has 1 saturated carbocycles. The van der Waals surface area contributed by atoms with Crippen LogP contribution in [0.15, 0.2) is 24.5 Å². The average Bonchev–Trinajstić information content (AvgIpc) is 2.70. The Morgan fingerprint density at radius 3 is 2.59 bits per heavy atom. The van der Waals surface area contributed by atoms with Gasteiger partial charge in [0.15, 0.2) is 0 Å². The summed E-state index contributed by atoms with van der Waals surface area (Å²) in [5.41, 5.74) is 2.38. The van der Waals surface area contributed by atoms with E-state index in [-0.39, 0.29) is 18.8 Å². The molecule has 0 saturated heterocycles. The third-order valence-electron chi connectivity index (χ3n) is 4.92. The number of hydrogen-bond acceptors (Lipinski definition) is 7. The fourth-order valence-electron chi connectivity index (χ4n) is 3.23. The first-order valence-electron chi connectivity index (χ1n) is 9.81. The maximum absolute atomic E-state index is 9.75. The van der Waals surface area contributed by atoms with Gasteiger partial charge in [-0.1, -0.05) is 19.4 Å². The van der Waals surface area contributed by atoms with Crippen LogP contribution in [0, 0.1) is 0 Å². The molecule has 1 aliphatic carbocycles. The Morgan fingerprint density at radius 1 is 1.11 bits per heavy atom. The molecule has 0 unspecified atom stereocenters. The first-order valence-corrected chi connectivity index (χ1v) is 9.81. The number of nitrogens with one attached hydrogen (secondary N) is 2. The maximum Gasteiger partial charge on any atom is 0.224 e. The SMILES string of the molecule is CCCCNc1ncc(-c2ccc(CO)cn2)c(N[C@H]2CC[C@H](O)CC2)n1. The summed E-state index contributed by atoms with van der Waals surface area (Å²) in [6, 6.07) is 4.02. The van der Waals surface area contributed by atoms with Gasteiger partial charge in [0, 0.05) is 25.0 Å². The van der Waals surface area contributed by atoms with E-state index < -0.39 is 0 Å². The first-order chi connectivity index (χ1) is 13.2. The summed E-state index contributed by atoms with van der Waals surface area (Å²) in [5, 5.41) is 25.8. The van der Waals surface area contributed by atoms with Crippen molar-refractivity contribution >= 4 is 11.8 Å². The number of pyridine rings is 1. The van der Waals surface area contributed by atoms with Gasteiger partial charge in [-0.2, -0.15) is 4.98 Å². The van der Waals surface area contributed by atoms with Crippen LogP contribution in [0.3, 0.4) is 0 Å². The number of rotatable bonds is 8. The molecule has 0 radical (unpaired) electrons. The quantitative estimate of drug-likeness (QED) is 0.529. The standard InChI is InChI=1S/C20H29N5O2/c1-2-3-10-21-20-23-12-17(18-9-4-14(13-26)11-22-18)19(25-20)24-15-5-7-16(27)8-6-15/h4,9,11-12,15-16,26-27H,2-3,5-8,10,13H2,1H3,(H2,21,23,24,25)/t15-,16-. The molecule has 0 aliphatic heterocycles. The van der Waals surface area contributed by atoms with Crippen molar-refractivity contribution < 1.29 is 10.2 Å². The van der Waals surface area contributed by atoms with Crippen molar-refractivity contribution in [2.24, 2.45) is 0 Å². The van der Waals surface area contributed by atoms with E-state index in [1.165, 1.54) is 0 Å². The molecule has 146 valence electrons. The lowest BCUT2D eigenvalue weighted by molar-refractivity contribution is 0.126. The first kappa shape index (κ1) is 19.5. The van der Waals surface area contributed by atoms with Crippen LogP contribution < -0.4 is 10.6 Å². The zero-order valence-electron chi connectivity index (χ0n) is 15.9. The van der Waals surface area contributed by atoms with E-state index in [1.54, 1.807) is 12.4 Å². The summed E-state index contributed by atoms with van der Waals surface area (Å²) in [4.78, 5) is 13.6. The topological polar surface area (TPSA) is 103 Å². The van der Waals surface area contributed by atoms with E-state index in [0.29, 0.717) is 5.95 Å². The lowest BCUT2D eigenvalue weighted by Gasteiger charge is -2.27. The van der Waals surface area contributed by atoms with Crippen LogP contribution >= 0.6 is 0 Å². The van der Waals surface area contributed by atoms with Crippen LogP contribution in [0.5, 0.6) is 0 Å². The van der Waals surface area contributed by atoms with E-state index in [0.717, 1.165) is 67.7 Å². The van der Waals surface area contributed by atoms with E-state index in [9.17, 15) is 10.2 Å². The normalized spacial score (nSPS) is 19.7. The zero-order valence-corrected chi connectivity index (χ0v) is 15.9. The van der Waals surface area contributed by atoms with Crippen molar-refractivity contribution in [2.45, 2.75) is 64.2 Å². The predicted molar refractivity (Wildman–Crippen MR) is 106 cm³/mol. The van der Waals surface area contributed by atoms with Crippen LogP contribution in [-0.4, -0.2) is 43.9 Å². The maximum atomic E-state index is 9.75. The summed E-state index contributed by atoms with van der Waals surface area (Å²) in [7, 11) is 0. The van der Waals surface area contributed by atoms with Gasteiger partial charge in [0.05, 0.1) is 24.0 Å². The van der Waals surface area contributed by atoms with Gasteiger partial charge in [0.2, 0.25) is 5.95 Å². The lowest BCUT2D eigenvalue weighted by Crippen LogP contribution is -2.29. The molecule has 4 N–H and O–H groups in total. The number of unbranched alkanes of at least 4 members (excludes halogenated alkanes) is 1. The van der Waals surface area contributed by atoms with Crippen LogP contribution in [0.4, 0.5) is 11.8 Å². The monoisotopic (exact) mass is 371 g/mol. The van der Waals surface area contributed by atoms with Crippen LogP contribution in [-0.2, 0) is 6.61 Å². The molecule has 0 amide bonds. The van der Waals surface area contributed by atoms with Gasteiger partial charge in [0.1, 0.15) is 5.82 Å². The van der Waals surface area contributed by atoms with Gasteiger partial charge in [-0.3, -0.25) is 4.98 Å². The van der Waals surface area contributed by atoms with Gasteiger partial charge in [-0.15, -0.1) is 0 Å². The molecule has 2 aromatic heterocycles. The molecule has 2 aromatic rings. The Hall–Kier alpha value is -2.25. The molecule has 7 nitrogen and oxygen atoms in total. The minimum Gasteiger partial charge on any atom is -0.393 e. The molecule has 1 aliphatic rings. The molecule has 7 heteroatoms. The van der Waals surface area contributed by atoms with Gasteiger partial charge < -0.3 is 20.8 Å². The predicted octanol–water partition coefficient (Wildman–Crippen LogP) is 2.96. The molecular weight excluding hydrogens is 342 g/mol. The number of aliphatic hydroxyl groups is 2. The number of nitrogens with zero attached hydrogens (tertiary/aromatic N) is 3. The summed E-state index contributed by atoms with van der Waals surface area (Å²) in [5.74, 6) is 1.37. The lowest BCUT2D eigenvalue weighted by atomic mass is 9.93.